The third-order valence-corrected chi connectivity index (χ3v) is 7.21. The van der Waals surface area contributed by atoms with Crippen molar-refractivity contribution in [3.05, 3.63) is 101 Å². The summed E-state index contributed by atoms with van der Waals surface area (Å²) in [6.07, 6.45) is 3.08. The first-order chi connectivity index (χ1) is 17.5. The third-order valence-electron chi connectivity index (χ3n) is 7.21. The molecule has 1 aliphatic heterocycles. The maximum atomic E-state index is 13.3. The zero-order valence-corrected chi connectivity index (χ0v) is 20.7. The Morgan fingerprint density at radius 3 is 2.58 bits per heavy atom. The molecule has 0 radical (unpaired) electrons. The number of H-pyrrole nitrogens is 1. The maximum Gasteiger partial charge on any atom is 0.222 e. The summed E-state index contributed by atoms with van der Waals surface area (Å²) in [7, 11) is 1.65. The maximum absolute atomic E-state index is 13.3. The number of benzene rings is 3. The third kappa shape index (κ3) is 4.71. The predicted molar refractivity (Wildman–Crippen MR) is 141 cm³/mol. The molecule has 36 heavy (non-hydrogen) atoms. The lowest BCUT2D eigenvalue weighted by Gasteiger charge is -2.36. The lowest BCUT2D eigenvalue weighted by atomic mass is 9.89. The van der Waals surface area contributed by atoms with Crippen LogP contribution in [0.4, 0.5) is 0 Å². The van der Waals surface area contributed by atoms with Gasteiger partial charge in [-0.15, -0.1) is 0 Å². The molecule has 0 bridgehead atoms. The highest BCUT2D eigenvalue weighted by atomic mass is 16.5. The van der Waals surface area contributed by atoms with Gasteiger partial charge in [-0.25, -0.2) is 0 Å². The number of methoxy groups -OCH3 is 1. The summed E-state index contributed by atoms with van der Waals surface area (Å²) in [4.78, 5) is 30.8. The topological polar surface area (TPSA) is 74.4 Å². The van der Waals surface area contributed by atoms with Gasteiger partial charge in [-0.2, -0.15) is 0 Å². The predicted octanol–water partition coefficient (Wildman–Crippen LogP) is 4.96. The fourth-order valence-electron chi connectivity index (χ4n) is 5.34. The highest BCUT2D eigenvalue weighted by molar-refractivity contribution is 5.84. The molecule has 2 unspecified atom stereocenters. The van der Waals surface area contributed by atoms with Crippen LogP contribution in [0.15, 0.2) is 79.0 Å². The first kappa shape index (κ1) is 23.7. The Morgan fingerprint density at radius 2 is 1.81 bits per heavy atom. The van der Waals surface area contributed by atoms with Gasteiger partial charge in [0.1, 0.15) is 5.75 Å². The van der Waals surface area contributed by atoms with Gasteiger partial charge >= 0.3 is 0 Å². The van der Waals surface area contributed by atoms with E-state index in [1.54, 1.807) is 14.0 Å². The summed E-state index contributed by atoms with van der Waals surface area (Å²) >= 11 is 0. The van der Waals surface area contributed by atoms with Crippen LogP contribution in [0.3, 0.4) is 0 Å². The molecule has 3 aromatic carbocycles. The van der Waals surface area contributed by atoms with Crippen LogP contribution in [-0.2, 0) is 16.0 Å². The lowest BCUT2D eigenvalue weighted by molar-refractivity contribution is -0.133. The van der Waals surface area contributed by atoms with Crippen molar-refractivity contribution in [2.75, 3.05) is 20.2 Å². The van der Waals surface area contributed by atoms with E-state index in [0.717, 1.165) is 39.8 Å². The molecule has 0 spiro atoms. The van der Waals surface area contributed by atoms with Gasteiger partial charge in [0.05, 0.1) is 19.6 Å². The molecule has 6 heteroatoms. The zero-order valence-electron chi connectivity index (χ0n) is 20.7. The van der Waals surface area contributed by atoms with Crippen molar-refractivity contribution >= 4 is 22.7 Å². The average Bonchev–Trinajstić information content (AvgIpc) is 3.33. The number of hydrogen-bond donors (Lipinski definition) is 2. The molecule has 184 valence electrons. The Balaban J connectivity index is 1.39. The summed E-state index contributed by atoms with van der Waals surface area (Å²) in [6.45, 7) is 2.66. The van der Waals surface area contributed by atoms with Crippen LogP contribution >= 0.6 is 0 Å². The van der Waals surface area contributed by atoms with E-state index in [-0.39, 0.29) is 30.2 Å². The Labute approximate surface area is 211 Å². The van der Waals surface area contributed by atoms with E-state index in [1.165, 1.54) is 5.56 Å². The van der Waals surface area contributed by atoms with Gasteiger partial charge in [0, 0.05) is 43.0 Å². The van der Waals surface area contributed by atoms with Gasteiger partial charge in [-0.05, 0) is 46.9 Å². The van der Waals surface area contributed by atoms with Crippen LogP contribution in [0.5, 0.6) is 5.75 Å². The molecule has 1 aromatic heterocycles. The molecule has 0 saturated carbocycles. The Bertz CT molecular complexity index is 1380. The molecule has 5 rings (SSSR count). The van der Waals surface area contributed by atoms with Gasteiger partial charge in [0.15, 0.2) is 0 Å². The minimum atomic E-state index is -0.250. The van der Waals surface area contributed by atoms with Crippen molar-refractivity contribution in [2.45, 2.75) is 31.7 Å². The number of hydrogen-bond acceptors (Lipinski definition) is 3. The highest BCUT2D eigenvalue weighted by Crippen LogP contribution is 2.34. The van der Waals surface area contributed by atoms with Crippen LogP contribution in [-0.4, -0.2) is 41.9 Å². The molecule has 2 N–H and O–H groups in total. The summed E-state index contributed by atoms with van der Waals surface area (Å²) < 4.78 is 5.34. The van der Waals surface area contributed by atoms with Crippen LogP contribution in [0.25, 0.3) is 10.9 Å². The molecule has 2 atom stereocenters. The number of ether oxygens (including phenoxy) is 1. The molecular weight excluding hydrogens is 450 g/mol. The summed E-state index contributed by atoms with van der Waals surface area (Å²) in [5.74, 6) is 0.679. The van der Waals surface area contributed by atoms with E-state index >= 15 is 0 Å². The number of nitrogens with one attached hydrogen (secondary N) is 2. The quantitative estimate of drug-likeness (QED) is 0.392. The number of para-hydroxylation sites is 1. The van der Waals surface area contributed by atoms with Crippen molar-refractivity contribution < 1.29 is 14.3 Å². The fraction of sp³-hybridized carbons (Fsp3) is 0.267. The number of aromatic nitrogens is 1. The molecule has 0 aliphatic carbocycles. The molecule has 0 fully saturated rings. The fourth-order valence-corrected chi connectivity index (χ4v) is 5.34. The number of nitrogens with zero attached hydrogens (tertiary/aromatic N) is 1. The molecule has 6 nitrogen and oxygen atoms in total. The van der Waals surface area contributed by atoms with Crippen LogP contribution < -0.4 is 10.1 Å². The van der Waals surface area contributed by atoms with Gasteiger partial charge in [0.25, 0.3) is 0 Å². The second-order valence-electron chi connectivity index (χ2n) is 9.30. The lowest BCUT2D eigenvalue weighted by Crippen LogP contribution is -2.41. The van der Waals surface area contributed by atoms with Gasteiger partial charge < -0.3 is 19.9 Å². The first-order valence-electron chi connectivity index (χ1n) is 12.4. The van der Waals surface area contributed by atoms with Crippen molar-refractivity contribution in [2.24, 2.45) is 0 Å². The average molecular weight is 482 g/mol. The van der Waals surface area contributed by atoms with Crippen molar-refractivity contribution in [3.63, 3.8) is 0 Å². The Morgan fingerprint density at radius 1 is 1.06 bits per heavy atom. The van der Waals surface area contributed by atoms with Crippen molar-refractivity contribution in [1.29, 1.82) is 0 Å². The highest BCUT2D eigenvalue weighted by Gasteiger charge is 2.31. The minimum absolute atomic E-state index is 0.00259. The summed E-state index contributed by atoms with van der Waals surface area (Å²) in [6, 6.07) is 24.1. The van der Waals surface area contributed by atoms with Crippen LogP contribution in [0, 0.1) is 0 Å². The molecule has 2 amide bonds. The van der Waals surface area contributed by atoms with E-state index in [9.17, 15) is 9.59 Å². The second kappa shape index (κ2) is 10.3. The monoisotopic (exact) mass is 481 g/mol. The van der Waals surface area contributed by atoms with E-state index in [1.807, 2.05) is 65.7 Å². The number of carbonyl (C=O) groups excluding carboxylic acids is 2. The number of amides is 2. The molecule has 0 saturated heterocycles. The van der Waals surface area contributed by atoms with Gasteiger partial charge in [0.2, 0.25) is 11.8 Å². The standard InChI is InChI=1S/C30H31N3O3/c1-20(34)33-16-15-21-7-3-4-8-24(21)29(33)17-30(35)32-18-26(22-11-13-23(36-2)14-12-22)27-19-31-28-10-6-5-9-25(27)28/h3-14,19,26,29,31H,15-18H2,1-2H3,(H,32,35). The van der Waals surface area contributed by atoms with Crippen LogP contribution in [0.2, 0.25) is 0 Å². The minimum Gasteiger partial charge on any atom is -0.497 e. The number of fused-ring (bicyclic) bond motifs is 2. The number of rotatable bonds is 7. The van der Waals surface area contributed by atoms with Gasteiger partial charge in [-0.3, -0.25) is 9.59 Å². The Kier molecular flexibility index (Phi) is 6.76. The second-order valence-corrected chi connectivity index (χ2v) is 9.30. The van der Waals surface area contributed by atoms with Crippen LogP contribution in [0.1, 0.15) is 47.6 Å². The SMILES string of the molecule is COc1ccc(C(CNC(=O)CC2c3ccccc3CCN2C(C)=O)c2c[nH]c3ccccc23)cc1. The van der Waals surface area contributed by atoms with E-state index in [2.05, 4.69) is 28.5 Å². The molecular formula is C30H31N3O3. The van der Waals surface area contributed by atoms with E-state index < -0.39 is 0 Å². The van der Waals surface area contributed by atoms with Crippen molar-refractivity contribution in [1.82, 2.24) is 15.2 Å². The smallest absolute Gasteiger partial charge is 0.222 e. The molecule has 1 aliphatic rings. The normalized spacial score (nSPS) is 15.8. The molecule has 2 heterocycles. The zero-order chi connectivity index (χ0) is 25.1. The summed E-state index contributed by atoms with van der Waals surface area (Å²) in [5, 5.41) is 4.31. The van der Waals surface area contributed by atoms with Crippen molar-refractivity contribution in [3.8, 4) is 5.75 Å². The van der Waals surface area contributed by atoms with Gasteiger partial charge in [-0.1, -0.05) is 54.6 Å². The first-order valence-corrected chi connectivity index (χ1v) is 12.4. The Hall–Kier alpha value is -4.06. The van der Waals surface area contributed by atoms with E-state index in [0.29, 0.717) is 13.1 Å². The number of aromatic amines is 1. The largest absolute Gasteiger partial charge is 0.497 e. The summed E-state index contributed by atoms with van der Waals surface area (Å²) in [5.41, 5.74) is 5.56. The number of carbonyl (C=O) groups is 2. The van der Waals surface area contributed by atoms with E-state index in [4.69, 9.17) is 4.74 Å². The molecule has 4 aromatic rings.